The minimum atomic E-state index is 0.152. The predicted molar refractivity (Wildman–Crippen MR) is 79.8 cm³/mol. The molecule has 0 radical (unpaired) electrons. The van der Waals surface area contributed by atoms with Crippen LogP contribution in [0.25, 0.3) is 0 Å². The van der Waals surface area contributed by atoms with E-state index < -0.39 is 0 Å². The maximum atomic E-state index is 6.42. The first-order valence-electron chi connectivity index (χ1n) is 7.85. The summed E-state index contributed by atoms with van der Waals surface area (Å²) in [6, 6.07) is 0. The molecular formula is C15H27NO2S. The summed E-state index contributed by atoms with van der Waals surface area (Å²) >= 11 is 2.07. The van der Waals surface area contributed by atoms with Crippen molar-refractivity contribution in [3.63, 3.8) is 0 Å². The molecule has 3 aliphatic rings. The number of nitrogens with one attached hydrogen (secondary N) is 1. The lowest BCUT2D eigenvalue weighted by atomic mass is 9.86. The normalized spacial score (nSPS) is 39.3. The summed E-state index contributed by atoms with van der Waals surface area (Å²) in [7, 11) is 0. The first-order valence-corrected chi connectivity index (χ1v) is 9.01. The summed E-state index contributed by atoms with van der Waals surface area (Å²) in [5.74, 6) is 3.21. The van der Waals surface area contributed by atoms with Crippen LogP contribution < -0.4 is 5.32 Å². The van der Waals surface area contributed by atoms with Gasteiger partial charge in [0.15, 0.2) is 0 Å². The Morgan fingerprint density at radius 1 is 1.26 bits per heavy atom. The van der Waals surface area contributed by atoms with Gasteiger partial charge in [-0.25, -0.2) is 0 Å². The number of hydrogen-bond acceptors (Lipinski definition) is 4. The summed E-state index contributed by atoms with van der Waals surface area (Å²) in [5.41, 5.74) is 0.152. The highest BCUT2D eigenvalue weighted by Gasteiger charge is 2.40. The average Bonchev–Trinajstić information content (AvgIpc) is 2.42. The predicted octanol–water partition coefficient (Wildman–Crippen LogP) is 2.45. The molecular weight excluding hydrogens is 258 g/mol. The van der Waals surface area contributed by atoms with Gasteiger partial charge in [-0.1, -0.05) is 6.92 Å². The average molecular weight is 285 g/mol. The summed E-state index contributed by atoms with van der Waals surface area (Å²) in [6.07, 6.45) is 6.72. The van der Waals surface area contributed by atoms with Crippen LogP contribution in [-0.2, 0) is 9.47 Å². The monoisotopic (exact) mass is 285 g/mol. The van der Waals surface area contributed by atoms with Gasteiger partial charge in [-0.15, -0.1) is 0 Å². The molecule has 19 heavy (non-hydrogen) atoms. The van der Waals surface area contributed by atoms with Crippen LogP contribution in [-0.4, -0.2) is 49.0 Å². The van der Waals surface area contributed by atoms with Crippen LogP contribution in [0.15, 0.2) is 0 Å². The number of piperidine rings is 1. The van der Waals surface area contributed by atoms with Crippen molar-refractivity contribution in [2.45, 2.75) is 56.8 Å². The standard InChI is InChI=1S/C15H27NO2S/c1-12-2-6-16-11-14(12)18-13-3-7-17-15(10-13)4-8-19-9-5-15/h12-14,16H,2-11H2,1H3. The van der Waals surface area contributed by atoms with Gasteiger partial charge in [-0.05, 0) is 49.7 Å². The molecule has 3 nitrogen and oxygen atoms in total. The number of ether oxygens (including phenoxy) is 2. The molecule has 0 amide bonds. The van der Waals surface area contributed by atoms with Gasteiger partial charge in [0, 0.05) is 19.6 Å². The molecule has 3 atom stereocenters. The van der Waals surface area contributed by atoms with Gasteiger partial charge in [0.2, 0.25) is 0 Å². The lowest BCUT2D eigenvalue weighted by Gasteiger charge is -2.44. The molecule has 3 heterocycles. The minimum absolute atomic E-state index is 0.152. The van der Waals surface area contributed by atoms with Gasteiger partial charge in [-0.3, -0.25) is 0 Å². The maximum absolute atomic E-state index is 6.42. The quantitative estimate of drug-likeness (QED) is 0.844. The van der Waals surface area contributed by atoms with Crippen LogP contribution >= 0.6 is 11.8 Å². The van der Waals surface area contributed by atoms with Crippen LogP contribution in [0.4, 0.5) is 0 Å². The van der Waals surface area contributed by atoms with Crippen LogP contribution in [0.3, 0.4) is 0 Å². The van der Waals surface area contributed by atoms with Gasteiger partial charge in [0.1, 0.15) is 0 Å². The lowest BCUT2D eigenvalue weighted by molar-refractivity contribution is -0.158. The van der Waals surface area contributed by atoms with E-state index in [1.54, 1.807) is 0 Å². The zero-order chi connectivity index (χ0) is 13.1. The van der Waals surface area contributed by atoms with Crippen molar-refractivity contribution in [3.05, 3.63) is 0 Å². The minimum Gasteiger partial charge on any atom is -0.375 e. The van der Waals surface area contributed by atoms with Crippen molar-refractivity contribution in [1.82, 2.24) is 5.32 Å². The maximum Gasteiger partial charge on any atom is 0.0729 e. The van der Waals surface area contributed by atoms with E-state index in [1.165, 1.54) is 30.8 Å². The molecule has 3 saturated heterocycles. The number of thioether (sulfide) groups is 1. The third kappa shape index (κ3) is 3.46. The summed E-state index contributed by atoms with van der Waals surface area (Å²) < 4.78 is 12.6. The summed E-state index contributed by atoms with van der Waals surface area (Å²) in [4.78, 5) is 0. The van der Waals surface area contributed by atoms with Gasteiger partial charge in [-0.2, -0.15) is 11.8 Å². The van der Waals surface area contributed by atoms with Crippen molar-refractivity contribution >= 4 is 11.8 Å². The molecule has 0 aromatic carbocycles. The molecule has 0 saturated carbocycles. The van der Waals surface area contributed by atoms with E-state index in [-0.39, 0.29) is 5.60 Å². The highest BCUT2D eigenvalue weighted by atomic mass is 32.2. The van der Waals surface area contributed by atoms with Crippen molar-refractivity contribution in [2.75, 3.05) is 31.2 Å². The Balaban J connectivity index is 1.55. The van der Waals surface area contributed by atoms with E-state index >= 15 is 0 Å². The third-order valence-corrected chi connectivity index (χ3v) is 5.96. The molecule has 0 aliphatic carbocycles. The fourth-order valence-electron chi connectivity index (χ4n) is 3.58. The second kappa shape index (κ2) is 6.33. The van der Waals surface area contributed by atoms with E-state index in [2.05, 4.69) is 24.0 Å². The van der Waals surface area contributed by atoms with Gasteiger partial charge >= 0.3 is 0 Å². The number of rotatable bonds is 2. The number of hydrogen-bond donors (Lipinski definition) is 1. The Bertz CT molecular complexity index is 288. The zero-order valence-electron chi connectivity index (χ0n) is 12.0. The van der Waals surface area contributed by atoms with Crippen molar-refractivity contribution < 1.29 is 9.47 Å². The van der Waals surface area contributed by atoms with E-state index in [1.807, 2.05) is 0 Å². The highest BCUT2D eigenvalue weighted by Crippen LogP contribution is 2.39. The Labute approximate surface area is 121 Å². The SMILES string of the molecule is CC1CCNCC1OC1CCOC2(CCSCC2)C1. The molecule has 1 N–H and O–H groups in total. The first-order chi connectivity index (χ1) is 9.27. The third-order valence-electron chi connectivity index (χ3n) is 4.98. The first kappa shape index (κ1) is 14.2. The molecule has 110 valence electrons. The van der Waals surface area contributed by atoms with Crippen LogP contribution in [0.1, 0.15) is 39.0 Å². The van der Waals surface area contributed by atoms with E-state index in [9.17, 15) is 0 Å². The molecule has 0 aromatic heterocycles. The molecule has 3 unspecified atom stereocenters. The molecule has 3 rings (SSSR count). The van der Waals surface area contributed by atoms with Crippen molar-refractivity contribution in [2.24, 2.45) is 5.92 Å². The zero-order valence-corrected chi connectivity index (χ0v) is 12.8. The van der Waals surface area contributed by atoms with E-state index in [4.69, 9.17) is 9.47 Å². The highest BCUT2D eigenvalue weighted by molar-refractivity contribution is 7.99. The topological polar surface area (TPSA) is 30.5 Å². The van der Waals surface area contributed by atoms with Crippen molar-refractivity contribution in [3.8, 4) is 0 Å². The van der Waals surface area contributed by atoms with Gasteiger partial charge in [0.25, 0.3) is 0 Å². The lowest BCUT2D eigenvalue weighted by Crippen LogP contribution is -2.49. The Morgan fingerprint density at radius 3 is 2.89 bits per heavy atom. The second-order valence-electron chi connectivity index (χ2n) is 6.40. The fourth-order valence-corrected chi connectivity index (χ4v) is 4.82. The van der Waals surface area contributed by atoms with Crippen LogP contribution in [0.5, 0.6) is 0 Å². The second-order valence-corrected chi connectivity index (χ2v) is 7.63. The van der Waals surface area contributed by atoms with Crippen molar-refractivity contribution in [1.29, 1.82) is 0 Å². The van der Waals surface area contributed by atoms with Gasteiger partial charge in [0.05, 0.1) is 17.8 Å². The van der Waals surface area contributed by atoms with Crippen LogP contribution in [0, 0.1) is 5.92 Å². The molecule has 0 bridgehead atoms. The van der Waals surface area contributed by atoms with E-state index in [0.29, 0.717) is 18.1 Å². The summed E-state index contributed by atoms with van der Waals surface area (Å²) in [6.45, 7) is 5.40. The molecule has 1 spiro atoms. The largest absolute Gasteiger partial charge is 0.375 e. The molecule has 4 heteroatoms. The Hall–Kier alpha value is 0.230. The Morgan fingerprint density at radius 2 is 2.11 bits per heavy atom. The fraction of sp³-hybridized carbons (Fsp3) is 1.00. The molecule has 3 aliphatic heterocycles. The molecule has 3 fully saturated rings. The Kier molecular flexibility index (Phi) is 4.73. The summed E-state index contributed by atoms with van der Waals surface area (Å²) in [5, 5.41) is 3.47. The van der Waals surface area contributed by atoms with E-state index in [0.717, 1.165) is 32.5 Å². The van der Waals surface area contributed by atoms with Crippen LogP contribution in [0.2, 0.25) is 0 Å². The molecule has 0 aromatic rings. The van der Waals surface area contributed by atoms with Gasteiger partial charge < -0.3 is 14.8 Å². The smallest absolute Gasteiger partial charge is 0.0729 e.